The van der Waals surface area contributed by atoms with Gasteiger partial charge in [-0.3, -0.25) is 0 Å². The quantitative estimate of drug-likeness (QED) is 0.624. The molecule has 19 heavy (non-hydrogen) atoms. The van der Waals surface area contributed by atoms with E-state index in [0.29, 0.717) is 6.61 Å². The number of ether oxygens (including phenoxy) is 3. The number of nitrogens with one attached hydrogen (secondary N) is 1. The van der Waals surface area contributed by atoms with E-state index in [1.54, 1.807) is 7.11 Å². The molecule has 0 saturated heterocycles. The minimum Gasteiger partial charge on any atom is -0.493 e. The van der Waals surface area contributed by atoms with E-state index in [-0.39, 0.29) is 0 Å². The van der Waals surface area contributed by atoms with Gasteiger partial charge in [-0.05, 0) is 13.0 Å². The van der Waals surface area contributed by atoms with Gasteiger partial charge in [0.2, 0.25) is 0 Å². The van der Waals surface area contributed by atoms with Crippen LogP contribution in [0.25, 0.3) is 0 Å². The molecule has 1 aromatic carbocycles. The van der Waals surface area contributed by atoms with Gasteiger partial charge in [0.25, 0.3) is 0 Å². The van der Waals surface area contributed by atoms with Gasteiger partial charge < -0.3 is 19.5 Å². The lowest BCUT2D eigenvalue weighted by Crippen LogP contribution is -2.19. The van der Waals surface area contributed by atoms with E-state index in [2.05, 4.69) is 11.4 Å². The number of para-hydroxylation sites is 1. The Labute approximate surface area is 116 Å². The summed E-state index contributed by atoms with van der Waals surface area (Å²) in [6.07, 6.45) is 0.916. The first-order valence-corrected chi connectivity index (χ1v) is 6.86. The summed E-state index contributed by atoms with van der Waals surface area (Å²) in [5.41, 5.74) is 1.18. The summed E-state index contributed by atoms with van der Waals surface area (Å²) >= 11 is 0. The Kier molecular flexibility index (Phi) is 9.06. The average Bonchev–Trinajstić information content (AvgIpc) is 2.45. The Morgan fingerprint density at radius 2 is 1.95 bits per heavy atom. The second kappa shape index (κ2) is 10.8. The molecule has 4 nitrogen and oxygen atoms in total. The van der Waals surface area contributed by atoms with Crippen molar-refractivity contribution < 1.29 is 14.2 Å². The molecule has 4 heteroatoms. The molecule has 0 aromatic heterocycles. The molecule has 1 N–H and O–H groups in total. The lowest BCUT2D eigenvalue weighted by molar-refractivity contribution is 0.130. The highest BCUT2D eigenvalue weighted by Crippen LogP contribution is 2.17. The van der Waals surface area contributed by atoms with Crippen LogP contribution in [0.4, 0.5) is 0 Å². The Balaban J connectivity index is 2.31. The highest BCUT2D eigenvalue weighted by atomic mass is 16.5. The second-order valence-electron chi connectivity index (χ2n) is 4.18. The zero-order valence-corrected chi connectivity index (χ0v) is 12.0. The Bertz CT molecular complexity index is 331. The highest BCUT2D eigenvalue weighted by molar-refractivity contribution is 5.33. The van der Waals surface area contributed by atoms with E-state index in [0.717, 1.165) is 45.1 Å². The molecule has 0 aliphatic heterocycles. The molecule has 0 atom stereocenters. The van der Waals surface area contributed by atoms with E-state index in [1.165, 1.54) is 5.56 Å². The van der Waals surface area contributed by atoms with Crippen molar-refractivity contribution in [1.82, 2.24) is 5.32 Å². The van der Waals surface area contributed by atoms with Crippen molar-refractivity contribution in [2.45, 2.75) is 19.9 Å². The Morgan fingerprint density at radius 3 is 2.74 bits per heavy atom. The molecule has 0 saturated carbocycles. The van der Waals surface area contributed by atoms with Crippen LogP contribution >= 0.6 is 0 Å². The van der Waals surface area contributed by atoms with Crippen LogP contribution in [0.15, 0.2) is 24.3 Å². The number of hydrogen-bond donors (Lipinski definition) is 1. The van der Waals surface area contributed by atoms with Gasteiger partial charge in [0.15, 0.2) is 0 Å². The van der Waals surface area contributed by atoms with Crippen LogP contribution in [0.2, 0.25) is 0 Å². The molecule has 108 valence electrons. The molecule has 0 unspecified atom stereocenters. The Hall–Kier alpha value is -1.10. The third-order valence-electron chi connectivity index (χ3n) is 2.67. The summed E-state index contributed by atoms with van der Waals surface area (Å²) in [6, 6.07) is 8.11. The van der Waals surface area contributed by atoms with E-state index in [4.69, 9.17) is 14.2 Å². The number of benzene rings is 1. The minimum atomic E-state index is 0.690. The van der Waals surface area contributed by atoms with E-state index < -0.39 is 0 Å². The van der Waals surface area contributed by atoms with Gasteiger partial charge in [0.1, 0.15) is 5.75 Å². The van der Waals surface area contributed by atoms with E-state index in [9.17, 15) is 0 Å². The summed E-state index contributed by atoms with van der Waals surface area (Å²) in [5.74, 6) is 0.948. The van der Waals surface area contributed by atoms with Gasteiger partial charge in [-0.25, -0.2) is 0 Å². The van der Waals surface area contributed by atoms with Crippen LogP contribution in [0, 0.1) is 0 Å². The molecule has 0 fully saturated rings. The molecule has 0 radical (unpaired) electrons. The first-order chi connectivity index (χ1) is 9.38. The number of rotatable bonds is 11. The van der Waals surface area contributed by atoms with Gasteiger partial charge >= 0.3 is 0 Å². The van der Waals surface area contributed by atoms with Crippen molar-refractivity contribution in [1.29, 1.82) is 0 Å². The number of hydrogen-bond acceptors (Lipinski definition) is 4. The van der Waals surface area contributed by atoms with Crippen molar-refractivity contribution >= 4 is 0 Å². The van der Waals surface area contributed by atoms with Crippen LogP contribution in [0.3, 0.4) is 0 Å². The summed E-state index contributed by atoms with van der Waals surface area (Å²) in [5, 5.41) is 3.32. The first kappa shape index (κ1) is 16.0. The van der Waals surface area contributed by atoms with Crippen molar-refractivity contribution in [2.24, 2.45) is 0 Å². The van der Waals surface area contributed by atoms with Crippen LogP contribution < -0.4 is 10.1 Å². The van der Waals surface area contributed by atoms with Crippen LogP contribution in [0.1, 0.15) is 18.9 Å². The lowest BCUT2D eigenvalue weighted by Gasteiger charge is -2.12. The van der Waals surface area contributed by atoms with Crippen molar-refractivity contribution in [2.75, 3.05) is 40.1 Å². The van der Waals surface area contributed by atoms with Crippen LogP contribution in [-0.2, 0) is 16.0 Å². The predicted octanol–water partition coefficient (Wildman–Crippen LogP) is 2.23. The average molecular weight is 267 g/mol. The minimum absolute atomic E-state index is 0.690. The van der Waals surface area contributed by atoms with Crippen molar-refractivity contribution in [3.05, 3.63) is 29.8 Å². The van der Waals surface area contributed by atoms with E-state index in [1.807, 2.05) is 25.1 Å². The predicted molar refractivity (Wildman–Crippen MR) is 76.6 cm³/mol. The third kappa shape index (κ3) is 7.15. The van der Waals surface area contributed by atoms with Gasteiger partial charge in [-0.2, -0.15) is 0 Å². The van der Waals surface area contributed by atoms with Gasteiger partial charge in [-0.15, -0.1) is 0 Å². The highest BCUT2D eigenvalue weighted by Gasteiger charge is 2.02. The van der Waals surface area contributed by atoms with Crippen molar-refractivity contribution in [3.8, 4) is 5.75 Å². The smallest absolute Gasteiger partial charge is 0.123 e. The zero-order valence-electron chi connectivity index (χ0n) is 12.0. The zero-order chi connectivity index (χ0) is 13.8. The van der Waals surface area contributed by atoms with E-state index >= 15 is 0 Å². The molecule has 0 spiro atoms. The fourth-order valence-electron chi connectivity index (χ4n) is 1.68. The molecule has 1 aromatic rings. The summed E-state index contributed by atoms with van der Waals surface area (Å²) < 4.78 is 16.1. The topological polar surface area (TPSA) is 39.7 Å². The molecular formula is C15H25NO3. The maximum atomic E-state index is 5.79. The monoisotopic (exact) mass is 267 g/mol. The maximum Gasteiger partial charge on any atom is 0.123 e. The summed E-state index contributed by atoms with van der Waals surface area (Å²) in [6.45, 7) is 6.57. The third-order valence-corrected chi connectivity index (χ3v) is 2.67. The first-order valence-electron chi connectivity index (χ1n) is 6.86. The molecule has 0 heterocycles. The second-order valence-corrected chi connectivity index (χ2v) is 4.18. The van der Waals surface area contributed by atoms with Crippen molar-refractivity contribution in [3.63, 3.8) is 0 Å². The molecule has 0 aliphatic carbocycles. The van der Waals surface area contributed by atoms with Gasteiger partial charge in [-0.1, -0.05) is 18.2 Å². The fourth-order valence-corrected chi connectivity index (χ4v) is 1.68. The fraction of sp³-hybridized carbons (Fsp3) is 0.600. The normalized spacial score (nSPS) is 10.6. The SMILES string of the molecule is CCOCCCOc1ccccc1CNCCOC. The number of methoxy groups -OCH3 is 1. The van der Waals surface area contributed by atoms with Gasteiger partial charge in [0, 0.05) is 45.4 Å². The van der Waals surface area contributed by atoms with Crippen LogP contribution in [-0.4, -0.2) is 40.1 Å². The molecule has 0 bridgehead atoms. The standard InChI is InChI=1S/C15H25NO3/c1-3-18-10-6-11-19-15-8-5-4-7-14(15)13-16-9-12-17-2/h4-5,7-8,16H,3,6,9-13H2,1-2H3. The molecule has 1 rings (SSSR count). The largest absolute Gasteiger partial charge is 0.493 e. The Morgan fingerprint density at radius 1 is 1.11 bits per heavy atom. The molecule has 0 amide bonds. The molecule has 0 aliphatic rings. The van der Waals surface area contributed by atoms with Gasteiger partial charge in [0.05, 0.1) is 13.2 Å². The van der Waals surface area contributed by atoms with Crippen LogP contribution in [0.5, 0.6) is 5.75 Å². The lowest BCUT2D eigenvalue weighted by atomic mass is 10.2. The molecular weight excluding hydrogens is 242 g/mol. The summed E-state index contributed by atoms with van der Waals surface area (Å²) in [4.78, 5) is 0. The summed E-state index contributed by atoms with van der Waals surface area (Å²) in [7, 11) is 1.71. The maximum absolute atomic E-state index is 5.79.